The Kier molecular flexibility index (Phi) is 18.1. The normalized spacial score (nSPS) is 17.3. The Labute approximate surface area is 413 Å². The number of carboxylic acids is 1. The van der Waals surface area contributed by atoms with E-state index in [1.807, 2.05) is 36.4 Å². The highest BCUT2D eigenvalue weighted by Gasteiger charge is 2.24. The van der Waals surface area contributed by atoms with Gasteiger partial charge in [-0.3, -0.25) is 19.3 Å². The van der Waals surface area contributed by atoms with E-state index in [4.69, 9.17) is 24.8 Å². The number of H-pyrrole nitrogens is 2. The predicted octanol–water partition coefficient (Wildman–Crippen LogP) is 6.28. The van der Waals surface area contributed by atoms with E-state index in [-0.39, 0.29) is 23.5 Å². The molecule has 7 heterocycles. The summed E-state index contributed by atoms with van der Waals surface area (Å²) in [6.45, 7) is 9.33. The summed E-state index contributed by atoms with van der Waals surface area (Å²) in [5.41, 5.74) is 7.76. The van der Waals surface area contributed by atoms with Crippen molar-refractivity contribution < 1.29 is 14.6 Å². The van der Waals surface area contributed by atoms with Gasteiger partial charge in [-0.05, 0) is 100 Å². The lowest BCUT2D eigenvalue weighted by Gasteiger charge is -2.33. The first-order valence-corrected chi connectivity index (χ1v) is 25.4. The molecule has 0 radical (unpaired) electrons. The Bertz CT molecular complexity index is 2740. The largest absolute Gasteiger partial charge is 0.492 e. The van der Waals surface area contributed by atoms with Crippen molar-refractivity contribution >= 4 is 62.4 Å². The minimum Gasteiger partial charge on any atom is -0.492 e. The molecule has 1 saturated carbocycles. The van der Waals surface area contributed by atoms with E-state index >= 15 is 0 Å². The van der Waals surface area contributed by atoms with Crippen molar-refractivity contribution in [1.82, 2.24) is 50.5 Å². The summed E-state index contributed by atoms with van der Waals surface area (Å²) in [5, 5.41) is 32.8. The molecule has 2 aromatic carbocycles. The Balaban J connectivity index is 0.000000184. The third-order valence-corrected chi connectivity index (χ3v) is 13.7. The SMILES string of the molecule is CN.O=C(O)CC1CCN(c2ccc(Nc3nc(C4CCCCCC4)nc4cn[nH]c(=O)c34)cc2)CC1.O=c1[nH]ncc2nc(N3CCCCCC3)nc(Nc3ccc(OCCN4CCNCC4)cc3)c12. The number of nitrogens with zero attached hydrogens (tertiary/aromatic N) is 9. The van der Waals surface area contributed by atoms with E-state index in [1.165, 1.54) is 45.6 Å². The zero-order valence-electron chi connectivity index (χ0n) is 40.9. The molecule has 0 atom stereocenters. The van der Waals surface area contributed by atoms with E-state index in [9.17, 15) is 14.4 Å². The van der Waals surface area contributed by atoms with Gasteiger partial charge in [-0.1, -0.05) is 38.5 Å². The summed E-state index contributed by atoms with van der Waals surface area (Å²) >= 11 is 0. The Morgan fingerprint density at radius 2 is 1.24 bits per heavy atom. The van der Waals surface area contributed by atoms with Crippen LogP contribution in [0, 0.1) is 5.92 Å². The lowest BCUT2D eigenvalue weighted by atomic mass is 9.93. The van der Waals surface area contributed by atoms with Crippen LogP contribution in [0.5, 0.6) is 5.75 Å². The van der Waals surface area contributed by atoms with Gasteiger partial charge in [0.1, 0.15) is 51.6 Å². The average molecular weight is 972 g/mol. The number of ether oxygens (including phenoxy) is 1. The summed E-state index contributed by atoms with van der Waals surface area (Å²) in [6, 6.07) is 15.9. The lowest BCUT2D eigenvalue weighted by Crippen LogP contribution is -2.44. The van der Waals surface area contributed by atoms with E-state index in [2.05, 4.69) is 73.9 Å². The zero-order valence-corrected chi connectivity index (χ0v) is 40.9. The number of piperidine rings is 1. The van der Waals surface area contributed by atoms with Crippen molar-refractivity contribution in [2.24, 2.45) is 11.7 Å². The third kappa shape index (κ3) is 13.8. The minimum atomic E-state index is -0.715. The number of aromatic nitrogens is 8. The summed E-state index contributed by atoms with van der Waals surface area (Å²) < 4.78 is 5.93. The second kappa shape index (κ2) is 25.4. The van der Waals surface area contributed by atoms with Crippen LogP contribution in [0.15, 0.2) is 70.5 Å². The summed E-state index contributed by atoms with van der Waals surface area (Å²) in [5.74, 6) is 3.08. The molecule has 71 heavy (non-hydrogen) atoms. The maximum atomic E-state index is 12.6. The van der Waals surface area contributed by atoms with E-state index in [0.29, 0.717) is 51.9 Å². The highest BCUT2D eigenvalue weighted by Crippen LogP contribution is 2.33. The fourth-order valence-electron chi connectivity index (χ4n) is 9.86. The maximum Gasteiger partial charge on any atom is 0.303 e. The first kappa shape index (κ1) is 50.6. The number of aliphatic carboxylic acids is 1. The van der Waals surface area contributed by atoms with Gasteiger partial charge in [-0.2, -0.15) is 15.2 Å². The van der Waals surface area contributed by atoms with Crippen LogP contribution in [-0.2, 0) is 4.79 Å². The first-order valence-electron chi connectivity index (χ1n) is 25.4. The number of hydrogen-bond donors (Lipinski definition) is 7. The summed E-state index contributed by atoms with van der Waals surface area (Å²) in [6.07, 6.45) is 16.9. The Morgan fingerprint density at radius 3 is 1.85 bits per heavy atom. The fourth-order valence-corrected chi connectivity index (χ4v) is 9.86. The molecule has 4 fully saturated rings. The molecular formula is C51H69N15O5. The van der Waals surface area contributed by atoms with Crippen molar-refractivity contribution in [2.75, 3.05) is 93.0 Å². The lowest BCUT2D eigenvalue weighted by molar-refractivity contribution is -0.138. The molecule has 0 amide bonds. The number of fused-ring (bicyclic) bond motifs is 2. The van der Waals surface area contributed by atoms with E-state index in [1.54, 1.807) is 12.4 Å². The highest BCUT2D eigenvalue weighted by molar-refractivity contribution is 5.91. The van der Waals surface area contributed by atoms with Crippen LogP contribution in [0.1, 0.15) is 95.2 Å². The molecule has 6 aromatic rings. The summed E-state index contributed by atoms with van der Waals surface area (Å²) in [4.78, 5) is 62.0. The van der Waals surface area contributed by atoms with Crippen LogP contribution in [0.3, 0.4) is 0 Å². The van der Waals surface area contributed by atoms with Crippen molar-refractivity contribution in [2.45, 2.75) is 89.4 Å². The standard InChI is InChI=1S/C26H32N6O3.C24H32N8O2.CH5N/c33-22(34)15-17-11-13-32(14-12-17)20-9-7-19(8-10-20)28-25-23-21(16-27-31-26(23)35)29-24(30-25)18-5-3-1-2-4-6-18;33-23-21-20(17-26-30-23)28-24(32-11-3-1-2-4-12-32)29-22(21)27-18-5-7-19(8-6-18)34-16-15-31-13-9-25-10-14-31;1-2/h7-10,16-18H,1-6,11-15H2,(H,31,35)(H,33,34)(H,28,29,30);5-8,17,25H,1-4,9-16H2,(H,30,33)(H,27,28,29);2H2,1H3. The van der Waals surface area contributed by atoms with Gasteiger partial charge in [0.05, 0.1) is 12.4 Å². The number of hydrogen-bond acceptors (Lipinski definition) is 17. The monoisotopic (exact) mass is 972 g/mol. The van der Waals surface area contributed by atoms with Crippen LogP contribution >= 0.6 is 0 Å². The molecule has 3 aliphatic heterocycles. The van der Waals surface area contributed by atoms with Crippen LogP contribution in [0.4, 0.5) is 34.6 Å². The molecule has 0 spiro atoms. The topological polar surface area (TPSA) is 261 Å². The number of anilines is 6. The van der Waals surface area contributed by atoms with Crippen LogP contribution in [0.2, 0.25) is 0 Å². The number of carbonyl (C=O) groups is 1. The van der Waals surface area contributed by atoms with Crippen molar-refractivity contribution in [3.05, 3.63) is 87.5 Å². The second-order valence-electron chi connectivity index (χ2n) is 18.6. The van der Waals surface area contributed by atoms with Gasteiger partial charge in [-0.25, -0.2) is 25.1 Å². The van der Waals surface area contributed by atoms with Crippen LogP contribution in [0.25, 0.3) is 21.8 Å². The molecule has 378 valence electrons. The molecule has 3 saturated heterocycles. The molecular weight excluding hydrogens is 903 g/mol. The number of carboxylic acid groups (broad SMARTS) is 1. The van der Waals surface area contributed by atoms with Gasteiger partial charge in [0.2, 0.25) is 5.95 Å². The fraction of sp³-hybridized carbons (Fsp3) is 0.510. The molecule has 20 heteroatoms. The second-order valence-corrected chi connectivity index (χ2v) is 18.6. The molecule has 20 nitrogen and oxygen atoms in total. The predicted molar refractivity (Wildman–Crippen MR) is 279 cm³/mol. The van der Waals surface area contributed by atoms with Crippen LogP contribution < -0.4 is 47.3 Å². The smallest absolute Gasteiger partial charge is 0.303 e. The number of piperazine rings is 1. The molecule has 0 unspecified atom stereocenters. The Morgan fingerprint density at radius 1 is 0.676 bits per heavy atom. The van der Waals surface area contributed by atoms with E-state index < -0.39 is 5.97 Å². The molecule has 1 aliphatic carbocycles. The first-order chi connectivity index (χ1) is 34.8. The number of nitrogens with one attached hydrogen (secondary N) is 5. The number of benzene rings is 2. The number of nitrogens with two attached hydrogens (primary N) is 1. The maximum absolute atomic E-state index is 12.6. The van der Waals surface area contributed by atoms with Crippen molar-refractivity contribution in [3.8, 4) is 5.75 Å². The number of aromatic amines is 2. The van der Waals surface area contributed by atoms with Crippen LogP contribution in [-0.4, -0.2) is 129 Å². The van der Waals surface area contributed by atoms with Gasteiger partial charge in [0, 0.05) is 88.3 Å². The quantitative estimate of drug-likeness (QED) is 0.0628. The highest BCUT2D eigenvalue weighted by atomic mass is 16.5. The van der Waals surface area contributed by atoms with Gasteiger partial charge in [0.25, 0.3) is 11.1 Å². The zero-order chi connectivity index (χ0) is 49.4. The average Bonchev–Trinajstić information content (AvgIpc) is 3.85. The third-order valence-electron chi connectivity index (χ3n) is 13.7. The van der Waals surface area contributed by atoms with E-state index in [0.717, 1.165) is 126 Å². The molecule has 4 aliphatic rings. The van der Waals surface area contributed by atoms with Gasteiger partial charge < -0.3 is 41.3 Å². The molecule has 8 N–H and O–H groups in total. The number of rotatable bonds is 13. The molecule has 10 rings (SSSR count). The van der Waals surface area contributed by atoms with Gasteiger partial charge in [0.15, 0.2) is 0 Å². The van der Waals surface area contributed by atoms with Gasteiger partial charge in [-0.15, -0.1) is 0 Å². The van der Waals surface area contributed by atoms with Gasteiger partial charge >= 0.3 is 5.97 Å². The minimum absolute atomic E-state index is 0.251. The summed E-state index contributed by atoms with van der Waals surface area (Å²) in [7, 11) is 1.50. The molecule has 4 aromatic heterocycles. The van der Waals surface area contributed by atoms with Crippen molar-refractivity contribution in [1.29, 1.82) is 0 Å². The van der Waals surface area contributed by atoms with Crippen molar-refractivity contribution in [3.63, 3.8) is 0 Å². The molecule has 0 bridgehead atoms. The Hall–Kier alpha value is -6.77.